The number of rotatable bonds is 4. The quantitative estimate of drug-likeness (QED) is 0.674. The number of thiophene rings is 2. The number of carbonyl (C=O) groups is 1. The predicted octanol–water partition coefficient (Wildman–Crippen LogP) is 4.05. The van der Waals surface area contributed by atoms with Crippen LogP contribution in [0.1, 0.15) is 23.7 Å². The summed E-state index contributed by atoms with van der Waals surface area (Å²) >= 11 is 3.41. The molecule has 0 aromatic carbocycles. The van der Waals surface area contributed by atoms with Gasteiger partial charge in [0.15, 0.2) is 6.29 Å². The molecule has 3 nitrogen and oxygen atoms in total. The van der Waals surface area contributed by atoms with Gasteiger partial charge in [-0.25, -0.2) is 0 Å². The zero-order chi connectivity index (χ0) is 12.5. The van der Waals surface area contributed by atoms with Crippen LogP contribution in [0.2, 0.25) is 0 Å². The minimum absolute atomic E-state index is 0.678. The van der Waals surface area contributed by atoms with Crippen LogP contribution >= 0.6 is 22.7 Å². The van der Waals surface area contributed by atoms with Crippen molar-refractivity contribution in [1.29, 1.82) is 0 Å². The van der Waals surface area contributed by atoms with Gasteiger partial charge in [0.2, 0.25) is 0 Å². The van der Waals surface area contributed by atoms with Gasteiger partial charge in [0.1, 0.15) is 5.69 Å². The fourth-order valence-corrected chi connectivity index (χ4v) is 4.06. The Bertz CT molecular complexity index is 664. The summed E-state index contributed by atoms with van der Waals surface area (Å²) in [6, 6.07) is 4.23. The molecule has 0 fully saturated rings. The van der Waals surface area contributed by atoms with Gasteiger partial charge in [0, 0.05) is 22.1 Å². The van der Waals surface area contributed by atoms with Crippen LogP contribution in [0.3, 0.4) is 0 Å². The Morgan fingerprint density at radius 3 is 3.06 bits per heavy atom. The van der Waals surface area contributed by atoms with Gasteiger partial charge < -0.3 is 0 Å². The van der Waals surface area contributed by atoms with Crippen LogP contribution in [0.4, 0.5) is 0 Å². The van der Waals surface area contributed by atoms with Crippen LogP contribution in [0, 0.1) is 0 Å². The number of aromatic nitrogens is 2. The predicted molar refractivity (Wildman–Crippen MR) is 76.6 cm³/mol. The van der Waals surface area contributed by atoms with E-state index in [0.717, 1.165) is 29.8 Å². The maximum absolute atomic E-state index is 11.1. The highest BCUT2D eigenvalue weighted by Gasteiger charge is 2.13. The number of aryl methyl sites for hydroxylation is 1. The zero-order valence-electron chi connectivity index (χ0n) is 9.92. The van der Waals surface area contributed by atoms with Crippen molar-refractivity contribution < 1.29 is 4.79 Å². The topological polar surface area (TPSA) is 34.9 Å². The van der Waals surface area contributed by atoms with Crippen LogP contribution in [-0.2, 0) is 6.54 Å². The summed E-state index contributed by atoms with van der Waals surface area (Å²) in [5.41, 5.74) is 1.49. The molecule has 3 rings (SSSR count). The molecule has 0 radical (unpaired) electrons. The van der Waals surface area contributed by atoms with Crippen molar-refractivity contribution in [3.05, 3.63) is 29.3 Å². The minimum atomic E-state index is 0.678. The van der Waals surface area contributed by atoms with Gasteiger partial charge in [0.25, 0.3) is 0 Å². The van der Waals surface area contributed by atoms with Crippen molar-refractivity contribution in [3.63, 3.8) is 0 Å². The molecule has 0 aliphatic rings. The Kier molecular flexibility index (Phi) is 3.01. The molecule has 0 saturated heterocycles. The lowest BCUT2D eigenvalue weighted by molar-refractivity contribution is 0.112. The Morgan fingerprint density at radius 2 is 2.33 bits per heavy atom. The Balaban J connectivity index is 2.09. The largest absolute Gasteiger partial charge is 0.298 e. The molecule has 0 N–H and O–H groups in total. The van der Waals surface area contributed by atoms with E-state index in [-0.39, 0.29) is 0 Å². The molecule has 0 bridgehead atoms. The number of nitrogens with zero attached hydrogens (tertiary/aromatic N) is 2. The van der Waals surface area contributed by atoms with Crippen LogP contribution in [0.25, 0.3) is 20.0 Å². The van der Waals surface area contributed by atoms with E-state index < -0.39 is 0 Å². The van der Waals surface area contributed by atoms with Gasteiger partial charge in [-0.3, -0.25) is 9.48 Å². The third kappa shape index (κ3) is 1.89. The minimum Gasteiger partial charge on any atom is -0.298 e. The van der Waals surface area contributed by atoms with E-state index in [1.807, 2.05) is 10.9 Å². The van der Waals surface area contributed by atoms with Crippen molar-refractivity contribution in [3.8, 4) is 10.6 Å². The third-order valence-electron chi connectivity index (χ3n) is 2.74. The molecule has 0 atom stereocenters. The molecule has 0 unspecified atom stereocenters. The van der Waals surface area contributed by atoms with E-state index in [0.29, 0.717) is 5.56 Å². The van der Waals surface area contributed by atoms with Crippen molar-refractivity contribution in [2.75, 3.05) is 0 Å². The van der Waals surface area contributed by atoms with Gasteiger partial charge in [-0.2, -0.15) is 5.10 Å². The van der Waals surface area contributed by atoms with Gasteiger partial charge in [-0.15, -0.1) is 22.7 Å². The number of fused-ring (bicyclic) bond motifs is 1. The lowest BCUT2D eigenvalue weighted by atomic mass is 10.2. The smallest absolute Gasteiger partial charge is 0.153 e. The molecule has 0 aliphatic carbocycles. The first kappa shape index (κ1) is 11.6. The summed E-state index contributed by atoms with van der Waals surface area (Å²) in [5, 5.41) is 6.60. The second-order valence-electron chi connectivity index (χ2n) is 4.07. The molecule has 0 saturated carbocycles. The number of carbonyl (C=O) groups excluding carboxylic acids is 1. The second kappa shape index (κ2) is 4.66. The lowest BCUT2D eigenvalue weighted by Gasteiger charge is -1.95. The van der Waals surface area contributed by atoms with Crippen molar-refractivity contribution in [1.82, 2.24) is 9.78 Å². The summed E-state index contributed by atoms with van der Waals surface area (Å²) in [5.74, 6) is 0. The summed E-state index contributed by atoms with van der Waals surface area (Å²) in [4.78, 5) is 12.2. The van der Waals surface area contributed by atoms with E-state index >= 15 is 0 Å². The molecular weight excluding hydrogens is 264 g/mol. The normalized spacial score (nSPS) is 11.2. The first-order valence-electron chi connectivity index (χ1n) is 5.82. The average molecular weight is 276 g/mol. The average Bonchev–Trinajstić information content (AvgIpc) is 3.00. The van der Waals surface area contributed by atoms with E-state index in [9.17, 15) is 4.79 Å². The first-order chi connectivity index (χ1) is 8.81. The molecule has 0 spiro atoms. The highest BCUT2D eigenvalue weighted by Crippen LogP contribution is 2.36. The highest BCUT2D eigenvalue weighted by atomic mass is 32.1. The van der Waals surface area contributed by atoms with Crippen LogP contribution in [0.15, 0.2) is 23.7 Å². The Labute approximate surface area is 113 Å². The molecule has 18 heavy (non-hydrogen) atoms. The number of hydrogen-bond donors (Lipinski definition) is 0. The van der Waals surface area contributed by atoms with Gasteiger partial charge in [-0.1, -0.05) is 6.92 Å². The summed E-state index contributed by atoms with van der Waals surface area (Å²) in [6.45, 7) is 2.95. The summed E-state index contributed by atoms with van der Waals surface area (Å²) < 4.78 is 4.38. The molecular formula is C13H12N2OS2. The molecule has 5 heteroatoms. The Morgan fingerprint density at radius 1 is 1.44 bits per heavy atom. The van der Waals surface area contributed by atoms with Gasteiger partial charge >= 0.3 is 0 Å². The maximum atomic E-state index is 11.1. The molecule has 3 heterocycles. The fourth-order valence-electron chi connectivity index (χ4n) is 1.94. The monoisotopic (exact) mass is 276 g/mol. The number of hydrogen-bond acceptors (Lipinski definition) is 4. The summed E-state index contributed by atoms with van der Waals surface area (Å²) in [7, 11) is 0. The van der Waals surface area contributed by atoms with Crippen LogP contribution in [-0.4, -0.2) is 16.1 Å². The van der Waals surface area contributed by atoms with Gasteiger partial charge in [-0.05, 0) is 23.9 Å². The maximum Gasteiger partial charge on any atom is 0.153 e. The highest BCUT2D eigenvalue weighted by molar-refractivity contribution is 7.28. The third-order valence-corrected chi connectivity index (χ3v) is 4.84. The van der Waals surface area contributed by atoms with Crippen molar-refractivity contribution in [2.24, 2.45) is 0 Å². The fraction of sp³-hybridized carbons (Fsp3) is 0.231. The Hall–Kier alpha value is -1.46. The summed E-state index contributed by atoms with van der Waals surface area (Å²) in [6.07, 6.45) is 3.74. The second-order valence-corrected chi connectivity index (χ2v) is 6.11. The van der Waals surface area contributed by atoms with Crippen LogP contribution < -0.4 is 0 Å². The number of aldehydes is 1. The van der Waals surface area contributed by atoms with E-state index in [4.69, 9.17) is 0 Å². The lowest BCUT2D eigenvalue weighted by Crippen LogP contribution is -1.96. The zero-order valence-corrected chi connectivity index (χ0v) is 11.6. The first-order valence-corrected chi connectivity index (χ1v) is 7.51. The molecule has 92 valence electrons. The van der Waals surface area contributed by atoms with E-state index in [1.54, 1.807) is 22.7 Å². The SMILES string of the molecule is CCCn1cc(C=O)c(-c2cc3sccc3s2)n1. The van der Waals surface area contributed by atoms with Crippen molar-refractivity contribution in [2.45, 2.75) is 19.9 Å². The molecule has 0 aliphatic heterocycles. The molecule has 0 amide bonds. The van der Waals surface area contributed by atoms with Crippen molar-refractivity contribution >= 4 is 38.4 Å². The van der Waals surface area contributed by atoms with E-state index in [2.05, 4.69) is 29.5 Å². The standard InChI is InChI=1S/C13H12N2OS2/c1-2-4-15-7-9(8-16)13(14-15)12-6-11-10(18-12)3-5-17-11/h3,5-8H,2,4H2,1H3. The van der Waals surface area contributed by atoms with Gasteiger partial charge in [0.05, 0.1) is 10.4 Å². The molecule has 3 aromatic rings. The molecule has 3 aromatic heterocycles. The van der Waals surface area contributed by atoms with E-state index in [1.165, 1.54) is 9.40 Å². The van der Waals surface area contributed by atoms with Crippen LogP contribution in [0.5, 0.6) is 0 Å².